The number of hydrogen-bond donors (Lipinski definition) is 1. The molecule has 2 fully saturated rings. The van der Waals surface area contributed by atoms with Gasteiger partial charge in [-0.1, -0.05) is 30.3 Å². The second-order valence-corrected chi connectivity index (χ2v) is 5.28. The maximum absolute atomic E-state index is 9.19. The number of fused-ring (bicyclic) bond motifs is 1. The fourth-order valence-corrected chi connectivity index (χ4v) is 3.32. The molecule has 0 amide bonds. The lowest BCUT2D eigenvalue weighted by Gasteiger charge is -2.38. The Morgan fingerprint density at radius 2 is 2.00 bits per heavy atom. The van der Waals surface area contributed by atoms with Gasteiger partial charge in [0.2, 0.25) is 0 Å². The van der Waals surface area contributed by atoms with Crippen LogP contribution in [0.15, 0.2) is 30.3 Å². The summed E-state index contributed by atoms with van der Waals surface area (Å²) in [5.74, 6) is 2.22. The van der Waals surface area contributed by atoms with Gasteiger partial charge in [0.1, 0.15) is 0 Å². The normalized spacial score (nSPS) is 33.4. The van der Waals surface area contributed by atoms with Gasteiger partial charge in [-0.15, -0.1) is 0 Å². The summed E-state index contributed by atoms with van der Waals surface area (Å²) in [6.45, 7) is 3.88. The molecule has 1 saturated carbocycles. The van der Waals surface area contributed by atoms with E-state index in [9.17, 15) is 5.11 Å². The highest BCUT2D eigenvalue weighted by Crippen LogP contribution is 2.45. The van der Waals surface area contributed by atoms with Crippen LogP contribution in [0.2, 0.25) is 0 Å². The average molecular weight is 217 g/mol. The Morgan fingerprint density at radius 3 is 2.75 bits per heavy atom. The minimum atomic E-state index is 0.389. The third-order valence-corrected chi connectivity index (χ3v) is 4.26. The smallest absolute Gasteiger partial charge is 0.0462 e. The van der Waals surface area contributed by atoms with Crippen LogP contribution in [0.1, 0.15) is 12.0 Å². The van der Waals surface area contributed by atoms with Gasteiger partial charge in [0.05, 0.1) is 0 Å². The van der Waals surface area contributed by atoms with Gasteiger partial charge in [-0.2, -0.15) is 0 Å². The predicted molar refractivity (Wildman–Crippen MR) is 63.9 cm³/mol. The third kappa shape index (κ3) is 1.76. The molecule has 0 radical (unpaired) electrons. The molecule has 1 heterocycles. The number of rotatable bonds is 3. The summed E-state index contributed by atoms with van der Waals surface area (Å²) >= 11 is 0. The molecule has 3 rings (SSSR count). The van der Waals surface area contributed by atoms with E-state index in [1.165, 1.54) is 25.1 Å². The molecule has 16 heavy (non-hydrogen) atoms. The third-order valence-electron chi connectivity index (χ3n) is 4.26. The highest BCUT2D eigenvalue weighted by atomic mass is 16.3. The van der Waals surface area contributed by atoms with Crippen LogP contribution >= 0.6 is 0 Å². The Balaban J connectivity index is 1.59. The van der Waals surface area contributed by atoms with Gasteiger partial charge in [-0.25, -0.2) is 0 Å². The Morgan fingerprint density at radius 1 is 1.19 bits per heavy atom. The first-order valence-electron chi connectivity index (χ1n) is 6.24. The summed E-state index contributed by atoms with van der Waals surface area (Å²) in [5.41, 5.74) is 1.41. The van der Waals surface area contributed by atoms with Gasteiger partial charge in [0.15, 0.2) is 0 Å². The first-order valence-corrected chi connectivity index (χ1v) is 6.24. The van der Waals surface area contributed by atoms with Gasteiger partial charge in [-0.05, 0) is 29.7 Å². The maximum Gasteiger partial charge on any atom is 0.0462 e. The predicted octanol–water partition coefficient (Wildman–Crippen LogP) is 1.75. The van der Waals surface area contributed by atoms with Gasteiger partial charge in [0, 0.05) is 26.2 Å². The van der Waals surface area contributed by atoms with E-state index in [1.54, 1.807) is 0 Å². The zero-order valence-corrected chi connectivity index (χ0v) is 9.55. The summed E-state index contributed by atoms with van der Waals surface area (Å²) in [6, 6.07) is 10.7. The van der Waals surface area contributed by atoms with Crippen molar-refractivity contribution < 1.29 is 5.11 Å². The molecule has 2 aliphatic rings. The van der Waals surface area contributed by atoms with Crippen LogP contribution in [0.5, 0.6) is 0 Å². The summed E-state index contributed by atoms with van der Waals surface area (Å²) in [4.78, 5) is 2.54. The van der Waals surface area contributed by atoms with Crippen LogP contribution in [0.3, 0.4) is 0 Å². The van der Waals surface area contributed by atoms with Crippen molar-refractivity contribution in [1.82, 2.24) is 4.90 Å². The molecule has 2 heteroatoms. The van der Waals surface area contributed by atoms with Crippen molar-refractivity contribution in [1.29, 1.82) is 0 Å². The molecule has 0 aromatic heterocycles. The molecule has 1 aliphatic heterocycles. The van der Waals surface area contributed by atoms with Crippen LogP contribution in [-0.4, -0.2) is 29.7 Å². The summed E-state index contributed by atoms with van der Waals surface area (Å²) in [7, 11) is 0. The molecule has 2 nitrogen and oxygen atoms in total. The minimum absolute atomic E-state index is 0.389. The van der Waals surface area contributed by atoms with Crippen molar-refractivity contribution >= 4 is 0 Å². The van der Waals surface area contributed by atoms with Gasteiger partial charge < -0.3 is 5.11 Å². The highest BCUT2D eigenvalue weighted by Gasteiger charge is 2.46. The zero-order chi connectivity index (χ0) is 11.0. The molecule has 1 aromatic carbocycles. The van der Waals surface area contributed by atoms with Crippen LogP contribution < -0.4 is 0 Å². The molecule has 0 unspecified atom stereocenters. The Kier molecular flexibility index (Phi) is 2.70. The maximum atomic E-state index is 9.19. The minimum Gasteiger partial charge on any atom is -0.396 e. The van der Waals surface area contributed by atoms with Crippen LogP contribution in [0.25, 0.3) is 0 Å². The molecule has 1 saturated heterocycles. The zero-order valence-electron chi connectivity index (χ0n) is 9.55. The van der Waals surface area contributed by atoms with E-state index in [-0.39, 0.29) is 0 Å². The largest absolute Gasteiger partial charge is 0.396 e. The van der Waals surface area contributed by atoms with E-state index in [2.05, 4.69) is 35.2 Å². The summed E-state index contributed by atoms with van der Waals surface area (Å²) in [6.07, 6.45) is 1.24. The van der Waals surface area contributed by atoms with Crippen molar-refractivity contribution in [3.05, 3.63) is 35.9 Å². The first kappa shape index (κ1) is 10.3. The van der Waals surface area contributed by atoms with Crippen molar-refractivity contribution in [2.45, 2.75) is 13.0 Å². The van der Waals surface area contributed by atoms with E-state index in [1.807, 2.05) is 0 Å². The highest BCUT2D eigenvalue weighted by molar-refractivity contribution is 5.15. The molecular formula is C14H19NO. The summed E-state index contributed by atoms with van der Waals surface area (Å²) < 4.78 is 0. The second-order valence-electron chi connectivity index (χ2n) is 5.28. The fraction of sp³-hybridized carbons (Fsp3) is 0.571. The lowest BCUT2D eigenvalue weighted by Crippen LogP contribution is -2.37. The monoisotopic (exact) mass is 217 g/mol. The quantitative estimate of drug-likeness (QED) is 0.833. The van der Waals surface area contributed by atoms with Crippen molar-refractivity contribution in [2.24, 2.45) is 17.8 Å². The lowest BCUT2D eigenvalue weighted by molar-refractivity contribution is 0.0576. The van der Waals surface area contributed by atoms with E-state index < -0.39 is 0 Å². The Hall–Kier alpha value is -0.860. The molecule has 0 spiro atoms. The number of benzene rings is 1. The molecule has 0 bridgehead atoms. The molecular weight excluding hydrogens is 198 g/mol. The van der Waals surface area contributed by atoms with E-state index >= 15 is 0 Å². The number of nitrogens with zero attached hydrogens (tertiary/aromatic N) is 1. The SMILES string of the molecule is OC[C@H]1C[C@H]2CN(Cc3ccccc3)C[C@@H]12. The molecule has 86 valence electrons. The second kappa shape index (κ2) is 4.19. The molecule has 1 aliphatic carbocycles. The number of aliphatic hydroxyl groups excluding tert-OH is 1. The Labute approximate surface area is 96.9 Å². The number of likely N-dealkylation sites (tertiary alicyclic amines) is 1. The topological polar surface area (TPSA) is 23.5 Å². The Bertz CT molecular complexity index is 351. The van der Waals surface area contributed by atoms with Crippen molar-refractivity contribution in [2.75, 3.05) is 19.7 Å². The number of hydrogen-bond acceptors (Lipinski definition) is 2. The van der Waals surface area contributed by atoms with Crippen LogP contribution in [0, 0.1) is 17.8 Å². The average Bonchev–Trinajstić information content (AvgIpc) is 2.60. The van der Waals surface area contributed by atoms with Gasteiger partial charge >= 0.3 is 0 Å². The van der Waals surface area contributed by atoms with Gasteiger partial charge in [-0.3, -0.25) is 4.90 Å². The van der Waals surface area contributed by atoms with Crippen LogP contribution in [-0.2, 0) is 6.54 Å². The van der Waals surface area contributed by atoms with Crippen LogP contribution in [0.4, 0.5) is 0 Å². The lowest BCUT2D eigenvalue weighted by atomic mass is 9.67. The van der Waals surface area contributed by atoms with Crippen molar-refractivity contribution in [3.63, 3.8) is 0 Å². The molecule has 1 N–H and O–H groups in total. The van der Waals surface area contributed by atoms with E-state index in [0.29, 0.717) is 12.5 Å². The van der Waals surface area contributed by atoms with Crippen molar-refractivity contribution in [3.8, 4) is 0 Å². The molecule has 1 aromatic rings. The standard InChI is InChI=1S/C14H19NO/c16-10-13-6-12-8-15(9-14(12)13)7-11-4-2-1-3-5-11/h1-5,12-14,16H,6-10H2/t12-,13+,14+/m0/s1. The number of aliphatic hydroxyl groups is 1. The summed E-state index contributed by atoms with van der Waals surface area (Å²) in [5, 5.41) is 9.19. The molecule has 3 atom stereocenters. The van der Waals surface area contributed by atoms with Gasteiger partial charge in [0.25, 0.3) is 0 Å². The fourth-order valence-electron chi connectivity index (χ4n) is 3.32. The van der Waals surface area contributed by atoms with E-state index in [0.717, 1.165) is 18.4 Å². The first-order chi connectivity index (χ1) is 7.86. The van der Waals surface area contributed by atoms with E-state index in [4.69, 9.17) is 0 Å².